The number of rotatable bonds is 2. The van der Waals surface area contributed by atoms with Crippen LogP contribution in [0.1, 0.15) is 0 Å². The van der Waals surface area contributed by atoms with Crippen molar-refractivity contribution in [3.05, 3.63) is 34.5 Å². The SMILES string of the molecule is COc1cc2c(cc1[N+](=O)[O-])-c1ccnn1CCN2C. The van der Waals surface area contributed by atoms with Crippen molar-refractivity contribution in [1.29, 1.82) is 0 Å². The molecule has 7 heteroatoms. The number of anilines is 1. The lowest BCUT2D eigenvalue weighted by Crippen LogP contribution is -2.21. The Morgan fingerprint density at radius 3 is 2.90 bits per heavy atom. The van der Waals surface area contributed by atoms with E-state index in [4.69, 9.17) is 4.74 Å². The summed E-state index contributed by atoms with van der Waals surface area (Å²) in [5, 5.41) is 15.4. The lowest BCUT2D eigenvalue weighted by Gasteiger charge is -2.19. The number of nitrogens with zero attached hydrogens (tertiary/aromatic N) is 4. The van der Waals surface area contributed by atoms with E-state index in [2.05, 4.69) is 10.00 Å². The first-order valence-electron chi connectivity index (χ1n) is 6.21. The van der Waals surface area contributed by atoms with Crippen LogP contribution in [0.15, 0.2) is 24.4 Å². The molecule has 0 unspecified atom stereocenters. The second-order valence-electron chi connectivity index (χ2n) is 4.66. The molecule has 0 atom stereocenters. The second kappa shape index (κ2) is 4.52. The van der Waals surface area contributed by atoms with Gasteiger partial charge >= 0.3 is 5.69 Å². The number of ether oxygens (including phenoxy) is 1. The maximum atomic E-state index is 11.2. The van der Waals surface area contributed by atoms with Gasteiger partial charge in [-0.3, -0.25) is 14.8 Å². The number of likely N-dealkylation sites (N-methyl/N-ethyl adjacent to an activating group) is 1. The summed E-state index contributed by atoms with van der Waals surface area (Å²) in [5.41, 5.74) is 2.56. The highest BCUT2D eigenvalue weighted by atomic mass is 16.6. The summed E-state index contributed by atoms with van der Waals surface area (Å²) in [7, 11) is 3.40. The van der Waals surface area contributed by atoms with Gasteiger partial charge in [-0.15, -0.1) is 0 Å². The predicted molar refractivity (Wildman–Crippen MR) is 74.1 cm³/mol. The molecule has 1 aliphatic heterocycles. The molecule has 0 spiro atoms. The molecule has 3 rings (SSSR count). The molecule has 2 heterocycles. The molecule has 0 saturated heterocycles. The van der Waals surface area contributed by atoms with Crippen LogP contribution >= 0.6 is 0 Å². The Kier molecular flexibility index (Phi) is 2.81. The van der Waals surface area contributed by atoms with Crippen LogP contribution in [0.25, 0.3) is 11.3 Å². The Balaban J connectivity index is 2.29. The topological polar surface area (TPSA) is 73.4 Å². The Hall–Kier alpha value is -2.57. The molecule has 0 bridgehead atoms. The Morgan fingerprint density at radius 1 is 1.40 bits per heavy atom. The molecule has 0 saturated carbocycles. The molecular weight excluding hydrogens is 260 g/mol. The zero-order valence-electron chi connectivity index (χ0n) is 11.2. The molecule has 1 aromatic heterocycles. The van der Waals surface area contributed by atoms with Crippen LogP contribution in [0.5, 0.6) is 5.75 Å². The summed E-state index contributed by atoms with van der Waals surface area (Å²) in [6.07, 6.45) is 1.71. The number of fused-ring (bicyclic) bond motifs is 3. The van der Waals surface area contributed by atoms with Crippen LogP contribution in [0, 0.1) is 10.1 Å². The third kappa shape index (κ3) is 1.78. The minimum atomic E-state index is -0.426. The molecule has 0 fully saturated rings. The number of nitro benzene ring substituents is 1. The summed E-state index contributed by atoms with van der Waals surface area (Å²) >= 11 is 0. The van der Waals surface area contributed by atoms with Crippen LogP contribution in [0.2, 0.25) is 0 Å². The van der Waals surface area contributed by atoms with Gasteiger partial charge in [-0.2, -0.15) is 5.10 Å². The highest BCUT2D eigenvalue weighted by Gasteiger charge is 2.25. The van der Waals surface area contributed by atoms with E-state index >= 15 is 0 Å². The molecule has 2 aromatic rings. The molecule has 7 nitrogen and oxygen atoms in total. The van der Waals surface area contributed by atoms with E-state index < -0.39 is 4.92 Å². The number of benzene rings is 1. The number of aromatic nitrogens is 2. The van der Waals surface area contributed by atoms with Gasteiger partial charge in [0.2, 0.25) is 0 Å². The highest BCUT2D eigenvalue weighted by molar-refractivity contribution is 5.82. The van der Waals surface area contributed by atoms with Crippen molar-refractivity contribution in [3.8, 4) is 17.0 Å². The molecule has 0 N–H and O–H groups in total. The van der Waals surface area contributed by atoms with Crippen LogP contribution < -0.4 is 9.64 Å². The maximum Gasteiger partial charge on any atom is 0.311 e. The molecule has 104 valence electrons. The normalized spacial score (nSPS) is 13.4. The average molecular weight is 274 g/mol. The maximum absolute atomic E-state index is 11.2. The number of nitro groups is 1. The summed E-state index contributed by atoms with van der Waals surface area (Å²) < 4.78 is 7.00. The number of hydrogen-bond donors (Lipinski definition) is 0. The van der Waals surface area contributed by atoms with Gasteiger partial charge in [0.1, 0.15) is 0 Å². The smallest absolute Gasteiger partial charge is 0.311 e. The van der Waals surface area contributed by atoms with Crippen molar-refractivity contribution >= 4 is 11.4 Å². The summed E-state index contributed by atoms with van der Waals surface area (Å²) in [4.78, 5) is 12.8. The summed E-state index contributed by atoms with van der Waals surface area (Å²) in [6, 6.07) is 5.15. The Bertz CT molecular complexity index is 680. The van der Waals surface area contributed by atoms with E-state index in [9.17, 15) is 10.1 Å². The monoisotopic (exact) mass is 274 g/mol. The minimum Gasteiger partial charge on any atom is -0.490 e. The van der Waals surface area contributed by atoms with E-state index in [-0.39, 0.29) is 11.4 Å². The van der Waals surface area contributed by atoms with E-state index in [0.29, 0.717) is 0 Å². The Morgan fingerprint density at radius 2 is 2.20 bits per heavy atom. The fourth-order valence-electron chi connectivity index (χ4n) is 2.49. The highest BCUT2D eigenvalue weighted by Crippen LogP contribution is 2.40. The molecular formula is C13H14N4O3. The van der Waals surface area contributed by atoms with Crippen LogP contribution in [0.4, 0.5) is 11.4 Å². The van der Waals surface area contributed by atoms with Gasteiger partial charge in [0, 0.05) is 37.5 Å². The second-order valence-corrected chi connectivity index (χ2v) is 4.66. The zero-order chi connectivity index (χ0) is 14.3. The average Bonchev–Trinajstić information content (AvgIpc) is 2.86. The first kappa shape index (κ1) is 12.5. The van der Waals surface area contributed by atoms with E-state index in [0.717, 1.165) is 30.0 Å². The summed E-state index contributed by atoms with van der Waals surface area (Å²) in [5.74, 6) is 0.272. The van der Waals surface area contributed by atoms with Crippen LogP contribution in [0.3, 0.4) is 0 Å². The van der Waals surface area contributed by atoms with Crippen molar-refractivity contribution in [1.82, 2.24) is 9.78 Å². The quantitative estimate of drug-likeness (QED) is 0.618. The largest absolute Gasteiger partial charge is 0.490 e. The standard InChI is InChI=1S/C13H14N4O3/c1-15-5-6-16-10(3-4-14-16)9-7-12(17(18)19)13(20-2)8-11(9)15/h3-4,7-8H,5-6H2,1-2H3. The zero-order valence-corrected chi connectivity index (χ0v) is 11.2. The van der Waals surface area contributed by atoms with Gasteiger partial charge in [-0.1, -0.05) is 0 Å². The van der Waals surface area contributed by atoms with Crippen LogP contribution in [-0.4, -0.2) is 35.4 Å². The fraction of sp³-hybridized carbons (Fsp3) is 0.308. The van der Waals surface area contributed by atoms with Gasteiger partial charge in [0.05, 0.1) is 30.0 Å². The van der Waals surface area contributed by atoms with Crippen LogP contribution in [-0.2, 0) is 6.54 Å². The molecule has 1 aliphatic rings. The third-order valence-electron chi connectivity index (χ3n) is 3.54. The van der Waals surface area contributed by atoms with Gasteiger partial charge in [-0.05, 0) is 6.07 Å². The molecule has 0 amide bonds. The van der Waals surface area contributed by atoms with Crippen molar-refractivity contribution < 1.29 is 9.66 Å². The first-order chi connectivity index (χ1) is 9.61. The van der Waals surface area contributed by atoms with E-state index in [1.807, 2.05) is 17.8 Å². The van der Waals surface area contributed by atoms with Crippen molar-refractivity contribution in [2.24, 2.45) is 0 Å². The summed E-state index contributed by atoms with van der Waals surface area (Å²) in [6.45, 7) is 1.52. The first-order valence-corrected chi connectivity index (χ1v) is 6.21. The van der Waals surface area contributed by atoms with Crippen molar-refractivity contribution in [3.63, 3.8) is 0 Å². The molecule has 1 aromatic carbocycles. The predicted octanol–water partition coefficient (Wildman–Crippen LogP) is 1.92. The van der Waals surface area contributed by atoms with Gasteiger partial charge in [0.15, 0.2) is 5.75 Å². The fourth-order valence-corrected chi connectivity index (χ4v) is 2.49. The number of methoxy groups -OCH3 is 1. The lowest BCUT2D eigenvalue weighted by atomic mass is 10.1. The Labute approximate surface area is 115 Å². The van der Waals surface area contributed by atoms with Crippen molar-refractivity contribution in [2.75, 3.05) is 25.6 Å². The lowest BCUT2D eigenvalue weighted by molar-refractivity contribution is -0.385. The number of hydrogen-bond acceptors (Lipinski definition) is 5. The van der Waals surface area contributed by atoms with Crippen molar-refractivity contribution in [2.45, 2.75) is 6.54 Å². The molecule has 20 heavy (non-hydrogen) atoms. The van der Waals surface area contributed by atoms with Gasteiger partial charge in [-0.25, -0.2) is 0 Å². The molecule has 0 radical (unpaired) electrons. The minimum absolute atomic E-state index is 0.0331. The van der Waals surface area contributed by atoms with E-state index in [1.54, 1.807) is 18.3 Å². The van der Waals surface area contributed by atoms with Gasteiger partial charge < -0.3 is 9.64 Å². The van der Waals surface area contributed by atoms with Gasteiger partial charge in [0.25, 0.3) is 0 Å². The third-order valence-corrected chi connectivity index (χ3v) is 3.54. The molecule has 0 aliphatic carbocycles. The van der Waals surface area contributed by atoms with E-state index in [1.165, 1.54) is 7.11 Å².